The Bertz CT molecular complexity index is 1010. The molecule has 34 heavy (non-hydrogen) atoms. The Balaban J connectivity index is 2.11. The lowest BCUT2D eigenvalue weighted by molar-refractivity contribution is -0.137. The Morgan fingerprint density at radius 1 is 0.941 bits per heavy atom. The van der Waals surface area contributed by atoms with Crippen molar-refractivity contribution in [3.05, 3.63) is 71.3 Å². The smallest absolute Gasteiger partial charge is 0.339 e. The van der Waals surface area contributed by atoms with E-state index in [4.69, 9.17) is 19.7 Å². The Hall–Kier alpha value is -4.14. The Kier molecular flexibility index (Phi) is 10.3. The van der Waals surface area contributed by atoms with Crippen LogP contribution in [-0.2, 0) is 19.1 Å². The maximum Gasteiger partial charge on any atom is 0.339 e. The number of rotatable bonds is 13. The minimum atomic E-state index is -1.23. The Morgan fingerprint density at radius 3 is 2.21 bits per heavy atom. The molecule has 0 saturated carbocycles. The first-order valence-corrected chi connectivity index (χ1v) is 10.7. The molecule has 9 heteroatoms. The van der Waals surface area contributed by atoms with Gasteiger partial charge in [0.2, 0.25) is 6.10 Å². The highest BCUT2D eigenvalue weighted by Gasteiger charge is 2.25. The van der Waals surface area contributed by atoms with E-state index in [2.05, 4.69) is 5.32 Å². The van der Waals surface area contributed by atoms with Gasteiger partial charge >= 0.3 is 17.9 Å². The van der Waals surface area contributed by atoms with Crippen molar-refractivity contribution in [3.8, 4) is 5.75 Å². The second-order valence-electron chi connectivity index (χ2n) is 7.35. The van der Waals surface area contributed by atoms with Crippen LogP contribution >= 0.6 is 0 Å². The van der Waals surface area contributed by atoms with Crippen LogP contribution in [0.2, 0.25) is 0 Å². The van der Waals surface area contributed by atoms with Crippen LogP contribution in [0.1, 0.15) is 53.3 Å². The van der Waals surface area contributed by atoms with E-state index in [0.717, 1.165) is 6.08 Å². The number of nitrogens with one attached hydrogen (secondary N) is 1. The van der Waals surface area contributed by atoms with Gasteiger partial charge in [0.15, 0.2) is 0 Å². The van der Waals surface area contributed by atoms with Crippen LogP contribution in [0.3, 0.4) is 0 Å². The van der Waals surface area contributed by atoms with Gasteiger partial charge in [-0.05, 0) is 48.7 Å². The number of amides is 1. The molecule has 3 N–H and O–H groups in total. The summed E-state index contributed by atoms with van der Waals surface area (Å²) in [4.78, 5) is 46.8. The summed E-state index contributed by atoms with van der Waals surface area (Å²) in [7, 11) is 1.50. The zero-order valence-electron chi connectivity index (χ0n) is 18.7. The predicted octanol–water partition coefficient (Wildman–Crippen LogP) is 3.45. The minimum absolute atomic E-state index is 0.0682. The summed E-state index contributed by atoms with van der Waals surface area (Å²) in [6, 6.07) is 12.7. The molecule has 2 aromatic rings. The molecule has 0 aliphatic carbocycles. The van der Waals surface area contributed by atoms with Gasteiger partial charge in [-0.2, -0.15) is 0 Å². The van der Waals surface area contributed by atoms with Crippen molar-refractivity contribution >= 4 is 29.9 Å². The summed E-state index contributed by atoms with van der Waals surface area (Å²) in [5.74, 6) is -2.60. The van der Waals surface area contributed by atoms with E-state index < -0.39 is 29.9 Å². The predicted molar refractivity (Wildman–Crippen MR) is 123 cm³/mol. The fourth-order valence-electron chi connectivity index (χ4n) is 3.01. The van der Waals surface area contributed by atoms with E-state index >= 15 is 0 Å². The van der Waals surface area contributed by atoms with Gasteiger partial charge in [-0.25, -0.2) is 9.59 Å². The van der Waals surface area contributed by atoms with Crippen LogP contribution < -0.4 is 10.1 Å². The molecule has 1 amide bonds. The number of hydrogen-bond acceptors (Lipinski definition) is 6. The van der Waals surface area contributed by atoms with E-state index in [9.17, 15) is 19.2 Å². The largest absolute Gasteiger partial charge is 0.497 e. The average molecular weight is 469 g/mol. The van der Waals surface area contributed by atoms with Gasteiger partial charge in [0, 0.05) is 24.6 Å². The van der Waals surface area contributed by atoms with Gasteiger partial charge in [0.1, 0.15) is 5.75 Å². The van der Waals surface area contributed by atoms with Crippen LogP contribution in [0.4, 0.5) is 0 Å². The van der Waals surface area contributed by atoms with E-state index in [1.165, 1.54) is 25.3 Å². The number of esters is 1. The van der Waals surface area contributed by atoms with Crippen molar-refractivity contribution in [2.75, 3.05) is 13.7 Å². The first-order valence-electron chi connectivity index (χ1n) is 10.7. The van der Waals surface area contributed by atoms with Crippen molar-refractivity contribution < 1.29 is 38.9 Å². The van der Waals surface area contributed by atoms with Crippen LogP contribution in [0, 0.1) is 0 Å². The number of carboxylic acids is 2. The summed E-state index contributed by atoms with van der Waals surface area (Å²) in [6.07, 6.45) is 2.95. The van der Waals surface area contributed by atoms with Gasteiger partial charge in [-0.3, -0.25) is 9.59 Å². The number of hydrogen-bond donors (Lipinski definition) is 3. The van der Waals surface area contributed by atoms with Gasteiger partial charge < -0.3 is 25.0 Å². The van der Waals surface area contributed by atoms with Crippen molar-refractivity contribution in [2.45, 2.75) is 31.8 Å². The quantitative estimate of drug-likeness (QED) is 0.230. The van der Waals surface area contributed by atoms with Crippen molar-refractivity contribution in [2.24, 2.45) is 0 Å². The Morgan fingerprint density at radius 2 is 1.62 bits per heavy atom. The number of carboxylic acid groups (broad SMARTS) is 2. The second-order valence-corrected chi connectivity index (χ2v) is 7.35. The third-order valence-corrected chi connectivity index (χ3v) is 4.81. The molecule has 0 bridgehead atoms. The lowest BCUT2D eigenvalue weighted by Gasteiger charge is -2.18. The van der Waals surface area contributed by atoms with Crippen LogP contribution in [0.25, 0.3) is 6.08 Å². The fraction of sp³-hybridized carbons (Fsp3) is 0.280. The molecule has 1 atom stereocenters. The topological polar surface area (TPSA) is 139 Å². The molecular formula is C25H27NO8. The molecule has 0 fully saturated rings. The molecule has 0 saturated heterocycles. The number of benzene rings is 2. The van der Waals surface area contributed by atoms with E-state index in [0.29, 0.717) is 42.7 Å². The average Bonchev–Trinajstić information content (AvgIpc) is 2.83. The summed E-state index contributed by atoms with van der Waals surface area (Å²) in [6.45, 7) is 0.300. The Labute approximate surface area is 197 Å². The van der Waals surface area contributed by atoms with Gasteiger partial charge in [-0.15, -0.1) is 0 Å². The summed E-state index contributed by atoms with van der Waals surface area (Å²) in [5, 5.41) is 20.2. The summed E-state index contributed by atoms with van der Waals surface area (Å²) >= 11 is 0. The highest BCUT2D eigenvalue weighted by Crippen LogP contribution is 2.22. The number of unbranched alkanes of at least 4 members (excludes halogenated alkanes) is 2. The van der Waals surface area contributed by atoms with Crippen molar-refractivity contribution in [3.63, 3.8) is 0 Å². The summed E-state index contributed by atoms with van der Waals surface area (Å²) in [5.41, 5.74) is 1.26. The molecule has 0 aliphatic rings. The lowest BCUT2D eigenvalue weighted by atomic mass is 10.1. The molecule has 1 unspecified atom stereocenters. The second kappa shape index (κ2) is 13.4. The van der Waals surface area contributed by atoms with Crippen molar-refractivity contribution in [1.29, 1.82) is 0 Å². The molecule has 0 spiro atoms. The zero-order valence-corrected chi connectivity index (χ0v) is 18.7. The van der Waals surface area contributed by atoms with Crippen LogP contribution in [0.15, 0.2) is 54.6 Å². The molecule has 0 radical (unpaired) electrons. The number of carbonyl (C=O) groups excluding carboxylic acids is 2. The molecule has 0 aromatic heterocycles. The number of ether oxygens (including phenoxy) is 2. The number of aliphatic carboxylic acids is 2. The van der Waals surface area contributed by atoms with E-state index in [-0.39, 0.29) is 12.0 Å². The molecule has 180 valence electrons. The maximum absolute atomic E-state index is 12.9. The fourth-order valence-corrected chi connectivity index (χ4v) is 3.01. The highest BCUT2D eigenvalue weighted by molar-refractivity contribution is 5.93. The van der Waals surface area contributed by atoms with Crippen molar-refractivity contribution in [1.82, 2.24) is 5.32 Å². The summed E-state index contributed by atoms with van der Waals surface area (Å²) < 4.78 is 10.6. The van der Waals surface area contributed by atoms with Crippen LogP contribution in [0.5, 0.6) is 5.75 Å². The molecule has 2 aromatic carbocycles. The lowest BCUT2D eigenvalue weighted by Crippen LogP contribution is -2.33. The standard InChI is InChI=1S/C25H27NO8/c1-33-20-13-11-19(12-14-20)25(32)34-23(24(31)26-16-4-2-3-5-21(27)28)18-9-6-17(7-10-18)8-15-22(29)30/h6-15,23H,2-5,16H2,1H3,(H,26,31)(H,27,28)(H,29,30). The first-order chi connectivity index (χ1) is 16.3. The van der Waals surface area contributed by atoms with E-state index in [1.807, 2.05) is 0 Å². The number of methoxy groups -OCH3 is 1. The number of carbonyl (C=O) groups is 4. The molecule has 0 heterocycles. The third-order valence-electron chi connectivity index (χ3n) is 4.81. The van der Waals surface area contributed by atoms with E-state index in [1.54, 1.807) is 36.4 Å². The molecule has 2 rings (SSSR count). The normalized spacial score (nSPS) is 11.6. The maximum atomic E-state index is 12.9. The SMILES string of the molecule is COc1ccc(C(=O)OC(C(=O)NCCCCCC(=O)O)c2ccc(C=CC(=O)O)cc2)cc1. The van der Waals surface area contributed by atoms with Gasteiger partial charge in [-0.1, -0.05) is 30.7 Å². The highest BCUT2D eigenvalue weighted by atomic mass is 16.5. The molecule has 0 aliphatic heterocycles. The third kappa shape index (κ3) is 8.78. The monoisotopic (exact) mass is 469 g/mol. The molecule has 9 nitrogen and oxygen atoms in total. The van der Waals surface area contributed by atoms with Gasteiger partial charge in [0.05, 0.1) is 12.7 Å². The first kappa shape index (κ1) is 26.1. The minimum Gasteiger partial charge on any atom is -0.497 e. The zero-order chi connectivity index (χ0) is 24.9. The van der Waals surface area contributed by atoms with Gasteiger partial charge in [0.25, 0.3) is 5.91 Å². The molecular weight excluding hydrogens is 442 g/mol. The van der Waals surface area contributed by atoms with Crippen LogP contribution in [-0.4, -0.2) is 47.7 Å².